The molecule has 0 aromatic carbocycles. The molecule has 0 spiro atoms. The van der Waals surface area contributed by atoms with E-state index in [0.29, 0.717) is 5.92 Å². The van der Waals surface area contributed by atoms with Gasteiger partial charge in [-0.2, -0.15) is 0 Å². The quantitative estimate of drug-likeness (QED) is 0.678. The predicted molar refractivity (Wildman–Crippen MR) is 60.2 cm³/mol. The van der Waals surface area contributed by atoms with Crippen LogP contribution >= 0.6 is 0 Å². The van der Waals surface area contributed by atoms with Crippen molar-refractivity contribution in [2.24, 2.45) is 5.92 Å². The second kappa shape index (κ2) is 7.56. The molecule has 1 rings (SSSR count). The lowest BCUT2D eigenvalue weighted by atomic mass is 10.2. The number of likely N-dealkylation sites (tertiary alicyclic amines) is 1. The molecule has 0 aliphatic carbocycles. The predicted octanol–water partition coefficient (Wildman–Crippen LogP) is 1.27. The maximum Gasteiger partial charge on any atom is 0.245 e. The minimum Gasteiger partial charge on any atom is -0.339 e. The highest BCUT2D eigenvalue weighted by Crippen LogP contribution is 2.14. The van der Waals surface area contributed by atoms with Crippen LogP contribution in [0.5, 0.6) is 0 Å². The molecule has 0 unspecified atom stereocenters. The molecular formula is C11H22N2O. The van der Waals surface area contributed by atoms with Gasteiger partial charge < -0.3 is 10.2 Å². The first-order valence-corrected chi connectivity index (χ1v) is 5.21. The van der Waals surface area contributed by atoms with Crippen LogP contribution in [0, 0.1) is 5.92 Å². The van der Waals surface area contributed by atoms with Crippen LogP contribution in [0.4, 0.5) is 0 Å². The summed E-state index contributed by atoms with van der Waals surface area (Å²) < 4.78 is 0. The molecule has 82 valence electrons. The Balaban J connectivity index is 0.000000364. The SMILES string of the molecule is C=CC(=O)N1CC[C@@H](C)C1.CCNC. The summed E-state index contributed by atoms with van der Waals surface area (Å²) >= 11 is 0. The molecule has 0 aromatic heterocycles. The van der Waals surface area contributed by atoms with E-state index < -0.39 is 0 Å². The number of nitrogens with one attached hydrogen (secondary N) is 1. The minimum absolute atomic E-state index is 0.0735. The van der Waals surface area contributed by atoms with Crippen molar-refractivity contribution in [2.45, 2.75) is 20.3 Å². The van der Waals surface area contributed by atoms with Crippen molar-refractivity contribution >= 4 is 5.91 Å². The Morgan fingerprint density at radius 3 is 2.57 bits per heavy atom. The topological polar surface area (TPSA) is 32.3 Å². The highest BCUT2D eigenvalue weighted by molar-refractivity contribution is 5.87. The average Bonchev–Trinajstić information content (AvgIpc) is 2.64. The van der Waals surface area contributed by atoms with E-state index in [4.69, 9.17) is 0 Å². The summed E-state index contributed by atoms with van der Waals surface area (Å²) in [6.07, 6.45) is 2.53. The molecular weight excluding hydrogens is 176 g/mol. The highest BCUT2D eigenvalue weighted by Gasteiger charge is 2.20. The van der Waals surface area contributed by atoms with Crippen LogP contribution in [-0.2, 0) is 4.79 Å². The van der Waals surface area contributed by atoms with Crippen molar-refractivity contribution in [3.63, 3.8) is 0 Å². The fourth-order valence-corrected chi connectivity index (χ4v) is 1.26. The third-order valence-electron chi connectivity index (χ3n) is 2.26. The first-order chi connectivity index (χ1) is 6.65. The van der Waals surface area contributed by atoms with Crippen molar-refractivity contribution in [1.82, 2.24) is 10.2 Å². The van der Waals surface area contributed by atoms with Crippen LogP contribution < -0.4 is 5.32 Å². The Labute approximate surface area is 87.2 Å². The number of carbonyl (C=O) groups is 1. The zero-order chi connectivity index (χ0) is 11.0. The average molecular weight is 198 g/mol. The van der Waals surface area contributed by atoms with Gasteiger partial charge in [-0.05, 0) is 32.0 Å². The highest BCUT2D eigenvalue weighted by atomic mass is 16.2. The Kier molecular flexibility index (Phi) is 7.11. The summed E-state index contributed by atoms with van der Waals surface area (Å²) in [7, 11) is 1.93. The van der Waals surface area contributed by atoms with E-state index in [1.165, 1.54) is 6.08 Å². The second-order valence-corrected chi connectivity index (χ2v) is 3.59. The fourth-order valence-electron chi connectivity index (χ4n) is 1.26. The number of hydrogen-bond donors (Lipinski definition) is 1. The smallest absolute Gasteiger partial charge is 0.245 e. The zero-order valence-electron chi connectivity index (χ0n) is 9.55. The van der Waals surface area contributed by atoms with Gasteiger partial charge in [0.15, 0.2) is 0 Å². The molecule has 0 saturated carbocycles. The van der Waals surface area contributed by atoms with Gasteiger partial charge in [0.25, 0.3) is 0 Å². The van der Waals surface area contributed by atoms with Crippen molar-refractivity contribution in [3.05, 3.63) is 12.7 Å². The van der Waals surface area contributed by atoms with Gasteiger partial charge in [-0.25, -0.2) is 0 Å². The number of nitrogens with zero attached hydrogens (tertiary/aromatic N) is 1. The Morgan fingerprint density at radius 2 is 2.29 bits per heavy atom. The molecule has 1 aliphatic rings. The van der Waals surface area contributed by atoms with E-state index >= 15 is 0 Å². The molecule has 0 bridgehead atoms. The summed E-state index contributed by atoms with van der Waals surface area (Å²) in [6, 6.07) is 0. The van der Waals surface area contributed by atoms with Gasteiger partial charge >= 0.3 is 0 Å². The van der Waals surface area contributed by atoms with Gasteiger partial charge in [0.05, 0.1) is 0 Å². The molecule has 1 saturated heterocycles. The lowest BCUT2D eigenvalue weighted by Crippen LogP contribution is -2.26. The molecule has 3 nitrogen and oxygen atoms in total. The lowest BCUT2D eigenvalue weighted by molar-refractivity contribution is -0.125. The molecule has 1 aliphatic heterocycles. The largest absolute Gasteiger partial charge is 0.339 e. The summed E-state index contributed by atoms with van der Waals surface area (Å²) in [6.45, 7) is 10.6. The standard InChI is InChI=1S/C8H13NO.C3H9N/c1-3-8(10)9-5-4-7(2)6-9;1-3-4-2/h3,7H,1,4-6H2,2H3;4H,3H2,1-2H3/t7-;/m1./s1. The summed E-state index contributed by atoms with van der Waals surface area (Å²) in [5.74, 6) is 0.744. The molecule has 1 amide bonds. The van der Waals surface area contributed by atoms with Gasteiger partial charge in [-0.3, -0.25) is 4.79 Å². The normalized spacial score (nSPS) is 19.9. The maximum absolute atomic E-state index is 11.0. The van der Waals surface area contributed by atoms with Crippen LogP contribution in [0.1, 0.15) is 20.3 Å². The maximum atomic E-state index is 11.0. The van der Waals surface area contributed by atoms with Gasteiger partial charge in [0.2, 0.25) is 5.91 Å². The zero-order valence-corrected chi connectivity index (χ0v) is 9.55. The Morgan fingerprint density at radius 1 is 1.71 bits per heavy atom. The lowest BCUT2D eigenvalue weighted by Gasteiger charge is -2.11. The molecule has 0 radical (unpaired) electrons. The van der Waals surface area contributed by atoms with Crippen molar-refractivity contribution in [3.8, 4) is 0 Å². The van der Waals surface area contributed by atoms with E-state index in [0.717, 1.165) is 26.1 Å². The summed E-state index contributed by atoms with van der Waals surface area (Å²) in [4.78, 5) is 12.8. The van der Waals surface area contributed by atoms with E-state index in [2.05, 4.69) is 25.7 Å². The van der Waals surface area contributed by atoms with Crippen molar-refractivity contribution in [2.75, 3.05) is 26.7 Å². The van der Waals surface area contributed by atoms with Crippen LogP contribution in [0.15, 0.2) is 12.7 Å². The summed E-state index contributed by atoms with van der Waals surface area (Å²) in [5.41, 5.74) is 0. The molecule has 1 atom stereocenters. The minimum atomic E-state index is 0.0735. The second-order valence-electron chi connectivity index (χ2n) is 3.59. The molecule has 0 aromatic rings. The van der Waals surface area contributed by atoms with Gasteiger partial charge in [-0.15, -0.1) is 0 Å². The Bertz CT molecular complexity index is 178. The van der Waals surface area contributed by atoms with E-state index in [-0.39, 0.29) is 5.91 Å². The fraction of sp³-hybridized carbons (Fsp3) is 0.727. The van der Waals surface area contributed by atoms with E-state index in [1.807, 2.05) is 11.9 Å². The van der Waals surface area contributed by atoms with Crippen LogP contribution in [-0.4, -0.2) is 37.5 Å². The number of rotatable bonds is 2. The van der Waals surface area contributed by atoms with E-state index in [1.54, 1.807) is 0 Å². The summed E-state index contributed by atoms with van der Waals surface area (Å²) in [5, 5.41) is 2.93. The molecule has 14 heavy (non-hydrogen) atoms. The van der Waals surface area contributed by atoms with Gasteiger partial charge in [0, 0.05) is 13.1 Å². The van der Waals surface area contributed by atoms with Crippen LogP contribution in [0.25, 0.3) is 0 Å². The molecule has 3 heteroatoms. The number of carbonyl (C=O) groups excluding carboxylic acids is 1. The molecule has 1 heterocycles. The third-order valence-corrected chi connectivity index (χ3v) is 2.26. The molecule has 1 N–H and O–H groups in total. The van der Waals surface area contributed by atoms with E-state index in [9.17, 15) is 4.79 Å². The van der Waals surface area contributed by atoms with Gasteiger partial charge in [0.1, 0.15) is 0 Å². The van der Waals surface area contributed by atoms with Crippen LogP contribution in [0.2, 0.25) is 0 Å². The molecule has 1 fully saturated rings. The van der Waals surface area contributed by atoms with Crippen LogP contribution in [0.3, 0.4) is 0 Å². The first-order valence-electron chi connectivity index (χ1n) is 5.21. The van der Waals surface area contributed by atoms with Crippen molar-refractivity contribution in [1.29, 1.82) is 0 Å². The third kappa shape index (κ3) is 5.02. The number of amides is 1. The van der Waals surface area contributed by atoms with Crippen molar-refractivity contribution < 1.29 is 4.79 Å². The Hall–Kier alpha value is -0.830. The van der Waals surface area contributed by atoms with Gasteiger partial charge in [-0.1, -0.05) is 20.4 Å². The number of hydrogen-bond acceptors (Lipinski definition) is 2. The monoisotopic (exact) mass is 198 g/mol. The first kappa shape index (κ1) is 13.2.